The number of urea groups is 1. The molecule has 4 heterocycles. The van der Waals surface area contributed by atoms with Gasteiger partial charge in [-0.1, -0.05) is 0 Å². The van der Waals surface area contributed by atoms with Crippen molar-refractivity contribution >= 4 is 17.5 Å². The summed E-state index contributed by atoms with van der Waals surface area (Å²) in [5.74, 6) is 1.81. The maximum atomic E-state index is 11.8. The normalized spacial score (nSPS) is 19.5. The zero-order chi connectivity index (χ0) is 23.3. The molecule has 34 heavy (non-hydrogen) atoms. The topological polar surface area (TPSA) is 94.7 Å². The van der Waals surface area contributed by atoms with Crippen LogP contribution in [-0.4, -0.2) is 79.4 Å². The molecule has 0 unspecified atom stereocenters. The maximum Gasteiger partial charge on any atom is 0.319 e. The van der Waals surface area contributed by atoms with E-state index in [1.807, 2.05) is 31.2 Å². The minimum atomic E-state index is -0.201. The average Bonchev–Trinajstić information content (AvgIpc) is 2.89. The van der Waals surface area contributed by atoms with Gasteiger partial charge in [0.2, 0.25) is 0 Å². The molecule has 0 spiro atoms. The Hall–Kier alpha value is -2.75. The highest BCUT2D eigenvalue weighted by atomic mass is 16.5. The van der Waals surface area contributed by atoms with Crippen LogP contribution in [0.2, 0.25) is 0 Å². The fourth-order valence-corrected chi connectivity index (χ4v) is 5.12. The first kappa shape index (κ1) is 23.0. The highest BCUT2D eigenvalue weighted by Gasteiger charge is 2.30. The first-order chi connectivity index (χ1) is 16.7. The van der Waals surface area contributed by atoms with E-state index < -0.39 is 0 Å². The molecule has 2 saturated heterocycles. The van der Waals surface area contributed by atoms with Gasteiger partial charge in [0.25, 0.3) is 0 Å². The summed E-state index contributed by atoms with van der Waals surface area (Å²) in [7, 11) is 0. The van der Waals surface area contributed by atoms with Crippen molar-refractivity contribution in [2.24, 2.45) is 0 Å². The van der Waals surface area contributed by atoms with E-state index in [0.29, 0.717) is 12.6 Å². The lowest BCUT2D eigenvalue weighted by Crippen LogP contribution is -2.46. The van der Waals surface area contributed by atoms with Crippen LogP contribution in [0.25, 0.3) is 11.4 Å². The van der Waals surface area contributed by atoms with Gasteiger partial charge >= 0.3 is 6.03 Å². The fourth-order valence-electron chi connectivity index (χ4n) is 5.12. The summed E-state index contributed by atoms with van der Waals surface area (Å²) in [5.41, 5.74) is 4.15. The molecule has 1 aromatic heterocycles. The number of hydrogen-bond acceptors (Lipinski definition) is 7. The first-order valence-electron chi connectivity index (χ1n) is 12.5. The van der Waals surface area contributed by atoms with Crippen molar-refractivity contribution in [3.63, 3.8) is 0 Å². The van der Waals surface area contributed by atoms with Gasteiger partial charge in [-0.25, -0.2) is 14.8 Å². The largest absolute Gasteiger partial charge is 0.378 e. The Kier molecular flexibility index (Phi) is 7.22. The van der Waals surface area contributed by atoms with Gasteiger partial charge in [0.1, 0.15) is 5.82 Å². The smallest absolute Gasteiger partial charge is 0.319 e. The molecule has 3 N–H and O–H groups in total. The summed E-state index contributed by atoms with van der Waals surface area (Å²) in [5, 5.41) is 9.08. The summed E-state index contributed by atoms with van der Waals surface area (Å²) in [6, 6.07) is 8.21. The molecule has 0 saturated carbocycles. The van der Waals surface area contributed by atoms with Crippen LogP contribution in [0.3, 0.4) is 0 Å². The number of carbonyl (C=O) groups excluding carboxylic acids is 1. The van der Waals surface area contributed by atoms with Crippen LogP contribution < -0.4 is 20.9 Å². The summed E-state index contributed by atoms with van der Waals surface area (Å²) < 4.78 is 5.60. The Morgan fingerprint density at radius 1 is 1.12 bits per heavy atom. The summed E-state index contributed by atoms with van der Waals surface area (Å²) in [4.78, 5) is 27.0. The Morgan fingerprint density at radius 2 is 1.88 bits per heavy atom. The molecule has 3 aliphatic heterocycles. The number of morpholine rings is 1. The number of anilines is 2. The number of nitrogens with zero attached hydrogens (tertiary/aromatic N) is 4. The second-order valence-electron chi connectivity index (χ2n) is 9.16. The number of piperidine rings is 1. The molecule has 2 fully saturated rings. The molecule has 1 aromatic carbocycles. The van der Waals surface area contributed by atoms with Gasteiger partial charge in [0.05, 0.1) is 18.9 Å². The van der Waals surface area contributed by atoms with Gasteiger partial charge in [-0.2, -0.15) is 0 Å². The van der Waals surface area contributed by atoms with E-state index in [9.17, 15) is 4.79 Å². The number of amides is 2. The van der Waals surface area contributed by atoms with Gasteiger partial charge in [-0.15, -0.1) is 0 Å². The van der Waals surface area contributed by atoms with Crippen molar-refractivity contribution in [3.8, 4) is 11.4 Å². The summed E-state index contributed by atoms with van der Waals surface area (Å²) in [6.07, 6.45) is 3.38. The van der Waals surface area contributed by atoms with Crippen molar-refractivity contribution in [2.45, 2.75) is 38.8 Å². The third kappa shape index (κ3) is 5.16. The third-order valence-corrected chi connectivity index (χ3v) is 6.95. The molecule has 2 amide bonds. The highest BCUT2D eigenvalue weighted by molar-refractivity contribution is 5.89. The Labute approximate surface area is 201 Å². The minimum Gasteiger partial charge on any atom is -0.378 e. The van der Waals surface area contributed by atoms with Crippen molar-refractivity contribution in [1.82, 2.24) is 25.5 Å². The van der Waals surface area contributed by atoms with E-state index in [2.05, 4.69) is 25.8 Å². The molecule has 182 valence electrons. The van der Waals surface area contributed by atoms with Crippen LogP contribution in [0.1, 0.15) is 31.0 Å². The van der Waals surface area contributed by atoms with Crippen molar-refractivity contribution in [2.75, 3.05) is 62.7 Å². The molecule has 0 radical (unpaired) electrons. The lowest BCUT2D eigenvalue weighted by Gasteiger charge is -2.39. The van der Waals surface area contributed by atoms with E-state index in [4.69, 9.17) is 14.7 Å². The fraction of sp³-hybridized carbons (Fsp3) is 0.560. The minimum absolute atomic E-state index is 0.201. The lowest BCUT2D eigenvalue weighted by molar-refractivity contribution is 0.122. The van der Waals surface area contributed by atoms with Gasteiger partial charge in [0, 0.05) is 55.6 Å². The number of benzene rings is 1. The van der Waals surface area contributed by atoms with Crippen molar-refractivity contribution < 1.29 is 9.53 Å². The molecule has 0 bridgehead atoms. The standard InChI is InChI=1S/C25H35N7O2/c1-2-27-25(33)28-19-5-3-18(4-6-19)23-29-22-17-32(20-7-10-26-11-8-20)12-9-21(22)24(30-23)31-13-15-34-16-14-31/h3-6,20,26H,2,7-17H2,1H3,(H2,27,28,33). The number of hydrogen-bond donors (Lipinski definition) is 3. The molecule has 9 heteroatoms. The molecule has 9 nitrogen and oxygen atoms in total. The number of ether oxygens (including phenoxy) is 1. The zero-order valence-electron chi connectivity index (χ0n) is 20.0. The van der Waals surface area contributed by atoms with E-state index in [1.54, 1.807) is 0 Å². The number of nitrogens with one attached hydrogen (secondary N) is 3. The second-order valence-corrected chi connectivity index (χ2v) is 9.16. The van der Waals surface area contributed by atoms with Crippen LogP contribution in [0.4, 0.5) is 16.3 Å². The van der Waals surface area contributed by atoms with E-state index in [0.717, 1.165) is 87.5 Å². The van der Waals surface area contributed by atoms with Crippen molar-refractivity contribution in [1.29, 1.82) is 0 Å². The number of fused-ring (bicyclic) bond motifs is 1. The summed E-state index contributed by atoms with van der Waals surface area (Å²) >= 11 is 0. The van der Waals surface area contributed by atoms with Gasteiger partial charge in [-0.05, 0) is 63.5 Å². The second kappa shape index (κ2) is 10.7. The quantitative estimate of drug-likeness (QED) is 0.623. The average molecular weight is 466 g/mol. The monoisotopic (exact) mass is 465 g/mol. The third-order valence-electron chi connectivity index (χ3n) is 6.95. The van der Waals surface area contributed by atoms with Crippen LogP contribution in [0.5, 0.6) is 0 Å². The SMILES string of the molecule is CCNC(=O)Nc1ccc(-c2nc3c(c(N4CCOCC4)n2)CCN(C2CCNCC2)C3)cc1. The van der Waals surface area contributed by atoms with Crippen LogP contribution in [0.15, 0.2) is 24.3 Å². The molecule has 3 aliphatic rings. The molecular formula is C25H35N7O2. The van der Waals surface area contributed by atoms with Crippen LogP contribution in [0, 0.1) is 0 Å². The maximum absolute atomic E-state index is 11.8. The van der Waals surface area contributed by atoms with Gasteiger partial charge in [-0.3, -0.25) is 4.90 Å². The predicted octanol–water partition coefficient (Wildman–Crippen LogP) is 2.23. The number of aromatic nitrogens is 2. The van der Waals surface area contributed by atoms with Crippen molar-refractivity contribution in [3.05, 3.63) is 35.5 Å². The molecule has 0 aliphatic carbocycles. The van der Waals surface area contributed by atoms with Gasteiger partial charge in [0.15, 0.2) is 5.82 Å². The molecule has 5 rings (SSSR count). The molecular weight excluding hydrogens is 430 g/mol. The molecule has 0 atom stereocenters. The Balaban J connectivity index is 1.43. The van der Waals surface area contributed by atoms with E-state index >= 15 is 0 Å². The Morgan fingerprint density at radius 3 is 2.62 bits per heavy atom. The number of rotatable bonds is 5. The van der Waals surface area contributed by atoms with E-state index in [1.165, 1.54) is 18.4 Å². The number of carbonyl (C=O) groups is 1. The molecule has 2 aromatic rings. The van der Waals surface area contributed by atoms with E-state index in [-0.39, 0.29) is 6.03 Å². The first-order valence-corrected chi connectivity index (χ1v) is 12.5. The Bertz CT molecular complexity index is 986. The lowest BCUT2D eigenvalue weighted by atomic mass is 9.98. The highest BCUT2D eigenvalue weighted by Crippen LogP contribution is 2.32. The zero-order valence-corrected chi connectivity index (χ0v) is 20.0. The van der Waals surface area contributed by atoms with Gasteiger partial charge < -0.3 is 25.6 Å². The summed E-state index contributed by atoms with van der Waals surface area (Å²) in [6.45, 7) is 9.80. The van der Waals surface area contributed by atoms with Crippen LogP contribution >= 0.6 is 0 Å². The predicted molar refractivity (Wildman–Crippen MR) is 133 cm³/mol. The van der Waals surface area contributed by atoms with Crippen LogP contribution in [-0.2, 0) is 17.7 Å².